The van der Waals surface area contributed by atoms with Crippen molar-refractivity contribution < 1.29 is 14.3 Å². The zero-order chi connectivity index (χ0) is 14.6. The highest BCUT2D eigenvalue weighted by Gasteiger charge is 2.22. The van der Waals surface area contributed by atoms with Crippen molar-refractivity contribution in [3.63, 3.8) is 0 Å². The van der Waals surface area contributed by atoms with E-state index in [-0.39, 0.29) is 17.7 Å². The van der Waals surface area contributed by atoms with Crippen LogP contribution in [0.5, 0.6) is 0 Å². The number of carboxylic acids is 1. The molecule has 1 unspecified atom stereocenters. The van der Waals surface area contributed by atoms with E-state index in [0.29, 0.717) is 18.7 Å². The third kappa shape index (κ3) is 4.63. The maximum Gasteiger partial charge on any atom is 0.308 e. The molecular weight excluding hydrogens is 245 g/mol. The molecule has 106 valence electrons. The monoisotopic (exact) mass is 267 g/mol. The second-order valence-electron chi connectivity index (χ2n) is 5.47. The Morgan fingerprint density at radius 2 is 2.05 bits per heavy atom. The van der Waals surface area contributed by atoms with Gasteiger partial charge in [0.15, 0.2) is 0 Å². The smallest absolute Gasteiger partial charge is 0.308 e. The lowest BCUT2D eigenvalue weighted by Gasteiger charge is -2.24. The lowest BCUT2D eigenvalue weighted by atomic mass is 9.95. The first-order valence-electron chi connectivity index (χ1n) is 6.47. The molecule has 0 aromatic heterocycles. The summed E-state index contributed by atoms with van der Waals surface area (Å²) in [5.41, 5.74) is 1.61. The number of aryl methyl sites for hydroxylation is 1. The van der Waals surface area contributed by atoms with E-state index < -0.39 is 5.97 Å². The van der Waals surface area contributed by atoms with Crippen LogP contribution in [0, 0.1) is 24.6 Å². The Morgan fingerprint density at radius 1 is 1.42 bits per heavy atom. The summed E-state index contributed by atoms with van der Waals surface area (Å²) < 4.78 is 13.2. The maximum atomic E-state index is 13.2. The number of carbonyl (C=O) groups is 1. The van der Waals surface area contributed by atoms with Crippen molar-refractivity contribution >= 4 is 5.97 Å². The fraction of sp³-hybridized carbons (Fsp3) is 0.533. The van der Waals surface area contributed by atoms with Crippen molar-refractivity contribution in [1.29, 1.82) is 0 Å². The Hall–Kier alpha value is -1.42. The van der Waals surface area contributed by atoms with Crippen LogP contribution in [0.3, 0.4) is 0 Å². The summed E-state index contributed by atoms with van der Waals surface area (Å²) in [4.78, 5) is 13.1. The molecule has 1 rings (SSSR count). The lowest BCUT2D eigenvalue weighted by Crippen LogP contribution is -2.33. The van der Waals surface area contributed by atoms with Crippen LogP contribution in [-0.2, 0) is 11.3 Å². The highest BCUT2D eigenvalue weighted by molar-refractivity contribution is 5.70. The number of hydrogen-bond donors (Lipinski definition) is 1. The van der Waals surface area contributed by atoms with E-state index in [2.05, 4.69) is 0 Å². The second-order valence-corrected chi connectivity index (χ2v) is 5.47. The summed E-state index contributed by atoms with van der Waals surface area (Å²) in [7, 11) is 1.89. The third-order valence-electron chi connectivity index (χ3n) is 3.31. The Labute approximate surface area is 114 Å². The fourth-order valence-electron chi connectivity index (χ4n) is 2.09. The molecule has 1 aromatic rings. The van der Waals surface area contributed by atoms with E-state index in [1.807, 2.05) is 25.8 Å². The molecule has 1 atom stereocenters. The lowest BCUT2D eigenvalue weighted by molar-refractivity contribution is -0.144. The summed E-state index contributed by atoms with van der Waals surface area (Å²) >= 11 is 0. The van der Waals surface area contributed by atoms with Gasteiger partial charge in [0.1, 0.15) is 5.82 Å². The summed E-state index contributed by atoms with van der Waals surface area (Å²) in [6.07, 6.45) is 0. The minimum atomic E-state index is -0.767. The molecule has 0 fully saturated rings. The van der Waals surface area contributed by atoms with Crippen LogP contribution < -0.4 is 0 Å². The van der Waals surface area contributed by atoms with Crippen LogP contribution in [0.25, 0.3) is 0 Å². The Balaban J connectivity index is 2.66. The van der Waals surface area contributed by atoms with E-state index >= 15 is 0 Å². The van der Waals surface area contributed by atoms with E-state index in [4.69, 9.17) is 5.11 Å². The van der Waals surface area contributed by atoms with Crippen molar-refractivity contribution in [3.05, 3.63) is 35.1 Å². The molecule has 1 aromatic carbocycles. The Bertz CT molecular complexity index is 446. The molecule has 0 amide bonds. The first kappa shape index (κ1) is 15.6. The van der Waals surface area contributed by atoms with Crippen LogP contribution in [0.15, 0.2) is 18.2 Å². The average Bonchev–Trinajstić information content (AvgIpc) is 2.30. The molecule has 0 aliphatic rings. The largest absolute Gasteiger partial charge is 0.481 e. The molecule has 0 aliphatic heterocycles. The Kier molecular flexibility index (Phi) is 5.48. The van der Waals surface area contributed by atoms with Gasteiger partial charge < -0.3 is 10.0 Å². The van der Waals surface area contributed by atoms with Crippen LogP contribution in [-0.4, -0.2) is 29.6 Å². The van der Waals surface area contributed by atoms with E-state index in [1.54, 1.807) is 19.1 Å². The predicted molar refractivity (Wildman–Crippen MR) is 73.4 cm³/mol. The second kappa shape index (κ2) is 6.66. The van der Waals surface area contributed by atoms with Gasteiger partial charge >= 0.3 is 5.97 Å². The zero-order valence-corrected chi connectivity index (χ0v) is 12.0. The summed E-state index contributed by atoms with van der Waals surface area (Å²) in [5, 5.41) is 9.16. The first-order valence-corrected chi connectivity index (χ1v) is 6.47. The molecular formula is C15H22FNO2. The van der Waals surface area contributed by atoms with Crippen LogP contribution >= 0.6 is 0 Å². The van der Waals surface area contributed by atoms with Gasteiger partial charge in [-0.15, -0.1) is 0 Å². The van der Waals surface area contributed by atoms with E-state index in [0.717, 1.165) is 5.56 Å². The van der Waals surface area contributed by atoms with Crippen molar-refractivity contribution in [2.75, 3.05) is 13.6 Å². The fourth-order valence-corrected chi connectivity index (χ4v) is 2.09. The van der Waals surface area contributed by atoms with Crippen molar-refractivity contribution in [2.24, 2.45) is 11.8 Å². The van der Waals surface area contributed by atoms with Gasteiger partial charge in [-0.3, -0.25) is 4.79 Å². The van der Waals surface area contributed by atoms with Crippen LogP contribution in [0.2, 0.25) is 0 Å². The molecule has 0 aliphatic carbocycles. The molecule has 0 bridgehead atoms. The van der Waals surface area contributed by atoms with Gasteiger partial charge in [0.2, 0.25) is 0 Å². The van der Waals surface area contributed by atoms with E-state index in [9.17, 15) is 9.18 Å². The number of aliphatic carboxylic acids is 1. The molecule has 1 N–H and O–H groups in total. The van der Waals surface area contributed by atoms with Crippen molar-refractivity contribution in [1.82, 2.24) is 4.90 Å². The molecule has 0 heterocycles. The van der Waals surface area contributed by atoms with Gasteiger partial charge in [-0.05, 0) is 37.1 Å². The number of rotatable bonds is 6. The predicted octanol–water partition coefficient (Wildman–Crippen LogP) is 2.92. The van der Waals surface area contributed by atoms with Gasteiger partial charge in [0, 0.05) is 13.1 Å². The SMILES string of the molecule is Cc1cc(CN(C)CC(C(=O)O)C(C)C)ccc1F. The minimum Gasteiger partial charge on any atom is -0.481 e. The molecule has 0 saturated carbocycles. The molecule has 0 saturated heterocycles. The molecule has 4 heteroatoms. The average molecular weight is 267 g/mol. The van der Waals surface area contributed by atoms with Crippen molar-refractivity contribution in [3.8, 4) is 0 Å². The third-order valence-corrected chi connectivity index (χ3v) is 3.31. The quantitative estimate of drug-likeness (QED) is 0.861. The van der Waals surface area contributed by atoms with Gasteiger partial charge in [0.05, 0.1) is 5.92 Å². The highest BCUT2D eigenvalue weighted by Crippen LogP contribution is 2.15. The molecule has 19 heavy (non-hydrogen) atoms. The van der Waals surface area contributed by atoms with Gasteiger partial charge in [-0.25, -0.2) is 4.39 Å². The Morgan fingerprint density at radius 3 is 2.53 bits per heavy atom. The van der Waals surface area contributed by atoms with E-state index in [1.165, 1.54) is 6.07 Å². The first-order chi connectivity index (χ1) is 8.81. The summed E-state index contributed by atoms with van der Waals surface area (Å²) in [6.45, 7) is 6.66. The van der Waals surface area contributed by atoms with Crippen LogP contribution in [0.1, 0.15) is 25.0 Å². The number of hydrogen-bond acceptors (Lipinski definition) is 2. The van der Waals surface area contributed by atoms with Crippen molar-refractivity contribution in [2.45, 2.75) is 27.3 Å². The van der Waals surface area contributed by atoms with Crippen LogP contribution in [0.4, 0.5) is 4.39 Å². The standard InChI is InChI=1S/C15H22FNO2/c1-10(2)13(15(18)19)9-17(4)8-12-5-6-14(16)11(3)7-12/h5-7,10,13H,8-9H2,1-4H3,(H,18,19). The highest BCUT2D eigenvalue weighted by atomic mass is 19.1. The number of benzene rings is 1. The number of nitrogens with zero attached hydrogens (tertiary/aromatic N) is 1. The van der Waals surface area contributed by atoms with Gasteiger partial charge in [0.25, 0.3) is 0 Å². The summed E-state index contributed by atoms with van der Waals surface area (Å²) in [5.74, 6) is -1.27. The molecule has 0 radical (unpaired) electrons. The normalized spacial score (nSPS) is 13.0. The van der Waals surface area contributed by atoms with Gasteiger partial charge in [-0.2, -0.15) is 0 Å². The molecule has 3 nitrogen and oxygen atoms in total. The topological polar surface area (TPSA) is 40.5 Å². The zero-order valence-electron chi connectivity index (χ0n) is 12.0. The summed E-state index contributed by atoms with van der Waals surface area (Å²) in [6, 6.07) is 5.00. The maximum absolute atomic E-state index is 13.2. The molecule has 0 spiro atoms. The number of halogens is 1. The number of carboxylic acid groups (broad SMARTS) is 1. The minimum absolute atomic E-state index is 0.0925. The van der Waals surface area contributed by atoms with Gasteiger partial charge in [-0.1, -0.05) is 26.0 Å².